The third-order valence-electron chi connectivity index (χ3n) is 2.74. The predicted molar refractivity (Wildman–Crippen MR) is 52.6 cm³/mol. The summed E-state index contributed by atoms with van der Waals surface area (Å²) in [4.78, 5) is 10.7. The van der Waals surface area contributed by atoms with Crippen molar-refractivity contribution in [2.24, 2.45) is 11.3 Å². The summed E-state index contributed by atoms with van der Waals surface area (Å²) in [7, 11) is 0. The van der Waals surface area contributed by atoms with Gasteiger partial charge in [-0.25, -0.2) is 0 Å². The summed E-state index contributed by atoms with van der Waals surface area (Å²) in [5, 5.41) is 0. The fraction of sp³-hybridized carbons (Fsp3) is 0.909. The maximum absolute atomic E-state index is 10.7. The first-order chi connectivity index (χ1) is 6.09. The molecule has 76 valence electrons. The zero-order chi connectivity index (χ0) is 9.90. The second-order valence-electron chi connectivity index (χ2n) is 4.83. The largest absolute Gasteiger partial charge is 0.370 e. The Morgan fingerprint density at radius 3 is 2.77 bits per heavy atom. The lowest BCUT2D eigenvalue weighted by atomic mass is 9.77. The van der Waals surface area contributed by atoms with E-state index >= 15 is 0 Å². The molecule has 0 aromatic rings. The van der Waals surface area contributed by atoms with Crippen molar-refractivity contribution in [3.63, 3.8) is 0 Å². The lowest BCUT2D eigenvalue weighted by molar-refractivity contribution is -0.134. The van der Waals surface area contributed by atoms with Gasteiger partial charge in [0, 0.05) is 0 Å². The summed E-state index contributed by atoms with van der Waals surface area (Å²) in [6.07, 6.45) is 4.18. The number of aldehydes is 1. The van der Waals surface area contributed by atoms with Crippen molar-refractivity contribution in [3.8, 4) is 0 Å². The van der Waals surface area contributed by atoms with E-state index in [0.29, 0.717) is 5.92 Å². The van der Waals surface area contributed by atoms with Crippen LogP contribution in [0.4, 0.5) is 0 Å². The molecule has 0 aromatic carbocycles. The molecular weight excluding hydrogens is 164 g/mol. The summed E-state index contributed by atoms with van der Waals surface area (Å²) >= 11 is 0. The highest BCUT2D eigenvalue weighted by molar-refractivity contribution is 5.56. The molecule has 0 aliphatic carbocycles. The van der Waals surface area contributed by atoms with Crippen LogP contribution in [0.25, 0.3) is 0 Å². The zero-order valence-electron chi connectivity index (χ0n) is 8.88. The molecule has 0 aromatic heterocycles. The van der Waals surface area contributed by atoms with E-state index in [4.69, 9.17) is 4.74 Å². The van der Waals surface area contributed by atoms with Crippen molar-refractivity contribution in [2.45, 2.75) is 46.1 Å². The summed E-state index contributed by atoms with van der Waals surface area (Å²) in [5.41, 5.74) is 0.249. The molecule has 0 radical (unpaired) electrons. The molecular formula is C11H20O2. The van der Waals surface area contributed by atoms with Crippen molar-refractivity contribution in [1.82, 2.24) is 0 Å². The Morgan fingerprint density at radius 2 is 2.23 bits per heavy atom. The molecule has 2 unspecified atom stereocenters. The first-order valence-electron chi connectivity index (χ1n) is 5.16. The minimum Gasteiger partial charge on any atom is -0.370 e. The second kappa shape index (κ2) is 4.23. The van der Waals surface area contributed by atoms with E-state index in [1.807, 2.05) is 0 Å². The molecule has 13 heavy (non-hydrogen) atoms. The van der Waals surface area contributed by atoms with Gasteiger partial charge in [0.25, 0.3) is 0 Å². The molecule has 2 atom stereocenters. The lowest BCUT2D eigenvalue weighted by Crippen LogP contribution is -2.39. The summed E-state index contributed by atoms with van der Waals surface area (Å²) in [6.45, 7) is 7.29. The number of hydrogen-bond acceptors (Lipinski definition) is 2. The molecule has 2 heteroatoms. The van der Waals surface area contributed by atoms with Gasteiger partial charge in [0.15, 0.2) is 0 Å². The molecule has 1 rings (SSSR count). The van der Waals surface area contributed by atoms with E-state index in [1.54, 1.807) is 0 Å². The van der Waals surface area contributed by atoms with E-state index in [9.17, 15) is 4.79 Å². The minimum atomic E-state index is -0.145. The highest BCUT2D eigenvalue weighted by Gasteiger charge is 2.34. The van der Waals surface area contributed by atoms with E-state index in [1.165, 1.54) is 0 Å². The van der Waals surface area contributed by atoms with Crippen LogP contribution in [0.2, 0.25) is 0 Å². The van der Waals surface area contributed by atoms with Gasteiger partial charge in [0.2, 0.25) is 0 Å². The Balaban J connectivity index is 2.57. The molecule has 1 heterocycles. The molecule has 1 aliphatic rings. The third kappa shape index (κ3) is 2.80. The smallest absolute Gasteiger partial charge is 0.149 e. The summed E-state index contributed by atoms with van der Waals surface area (Å²) < 4.78 is 5.54. The summed E-state index contributed by atoms with van der Waals surface area (Å²) in [6, 6.07) is 0. The molecule has 0 saturated carbocycles. The van der Waals surface area contributed by atoms with Crippen LogP contribution in [0.5, 0.6) is 0 Å². The van der Waals surface area contributed by atoms with Crippen molar-refractivity contribution in [3.05, 3.63) is 0 Å². The van der Waals surface area contributed by atoms with Gasteiger partial charge in [-0.1, -0.05) is 27.2 Å². The van der Waals surface area contributed by atoms with Gasteiger partial charge < -0.3 is 9.53 Å². The molecule has 0 spiro atoms. The van der Waals surface area contributed by atoms with Crippen molar-refractivity contribution in [2.75, 3.05) is 6.61 Å². The van der Waals surface area contributed by atoms with Gasteiger partial charge in [-0.2, -0.15) is 0 Å². The summed E-state index contributed by atoms with van der Waals surface area (Å²) in [5.74, 6) is 0.436. The van der Waals surface area contributed by atoms with Crippen LogP contribution in [-0.4, -0.2) is 19.0 Å². The number of carbonyl (C=O) groups excluding carboxylic acids is 1. The van der Waals surface area contributed by atoms with Crippen LogP contribution < -0.4 is 0 Å². The predicted octanol–water partition coefficient (Wildman–Crippen LogP) is 2.42. The second-order valence-corrected chi connectivity index (χ2v) is 4.83. The van der Waals surface area contributed by atoms with E-state index in [2.05, 4.69) is 20.8 Å². The minimum absolute atomic E-state index is 0.145. The van der Waals surface area contributed by atoms with Gasteiger partial charge >= 0.3 is 0 Å². The number of rotatable bonds is 3. The first-order valence-corrected chi connectivity index (χ1v) is 5.16. The van der Waals surface area contributed by atoms with Crippen LogP contribution >= 0.6 is 0 Å². The molecule has 1 fully saturated rings. The van der Waals surface area contributed by atoms with Gasteiger partial charge in [0.1, 0.15) is 12.4 Å². The van der Waals surface area contributed by atoms with Crippen LogP contribution in [0.15, 0.2) is 0 Å². The Kier molecular flexibility index (Phi) is 3.48. The average molecular weight is 184 g/mol. The zero-order valence-corrected chi connectivity index (χ0v) is 8.88. The number of ether oxygens (including phenoxy) is 1. The SMILES string of the molecule is CCCC1CC(C)(C)COC1C=O. The van der Waals surface area contributed by atoms with Crippen LogP contribution in [0.3, 0.4) is 0 Å². The first kappa shape index (κ1) is 10.7. The normalized spacial score (nSPS) is 32.8. The van der Waals surface area contributed by atoms with E-state index in [-0.39, 0.29) is 11.5 Å². The standard InChI is InChI=1S/C11H20O2/c1-4-5-9-6-11(2,3)8-13-10(9)7-12/h7,9-10H,4-6,8H2,1-3H3. The van der Waals surface area contributed by atoms with Crippen LogP contribution in [0.1, 0.15) is 40.0 Å². The molecule has 1 aliphatic heterocycles. The monoisotopic (exact) mass is 184 g/mol. The van der Waals surface area contributed by atoms with E-state index < -0.39 is 0 Å². The van der Waals surface area contributed by atoms with Crippen LogP contribution in [-0.2, 0) is 9.53 Å². The fourth-order valence-electron chi connectivity index (χ4n) is 2.13. The highest BCUT2D eigenvalue weighted by atomic mass is 16.5. The topological polar surface area (TPSA) is 26.3 Å². The number of carbonyl (C=O) groups is 1. The van der Waals surface area contributed by atoms with Crippen LogP contribution in [0, 0.1) is 11.3 Å². The van der Waals surface area contributed by atoms with E-state index in [0.717, 1.165) is 32.2 Å². The average Bonchev–Trinajstić information content (AvgIpc) is 2.04. The Bertz CT molecular complexity index is 175. The lowest BCUT2D eigenvalue weighted by Gasteiger charge is -2.38. The molecule has 2 nitrogen and oxygen atoms in total. The van der Waals surface area contributed by atoms with Crippen molar-refractivity contribution < 1.29 is 9.53 Å². The molecule has 0 amide bonds. The third-order valence-corrected chi connectivity index (χ3v) is 2.74. The van der Waals surface area contributed by atoms with Crippen molar-refractivity contribution >= 4 is 6.29 Å². The molecule has 0 N–H and O–H groups in total. The molecule has 0 bridgehead atoms. The van der Waals surface area contributed by atoms with Gasteiger partial charge in [-0.3, -0.25) is 0 Å². The number of hydrogen-bond donors (Lipinski definition) is 0. The Labute approximate surface area is 80.7 Å². The maximum atomic E-state index is 10.7. The van der Waals surface area contributed by atoms with Crippen molar-refractivity contribution in [1.29, 1.82) is 0 Å². The fourth-order valence-corrected chi connectivity index (χ4v) is 2.13. The van der Waals surface area contributed by atoms with Gasteiger partial charge in [-0.05, 0) is 24.2 Å². The highest BCUT2D eigenvalue weighted by Crippen LogP contribution is 2.35. The quantitative estimate of drug-likeness (QED) is 0.630. The molecule has 1 saturated heterocycles. The van der Waals surface area contributed by atoms with Gasteiger partial charge in [-0.15, -0.1) is 0 Å². The Hall–Kier alpha value is -0.370. The van der Waals surface area contributed by atoms with Gasteiger partial charge in [0.05, 0.1) is 6.61 Å². The maximum Gasteiger partial charge on any atom is 0.149 e. The Morgan fingerprint density at radius 1 is 1.54 bits per heavy atom.